The van der Waals surface area contributed by atoms with E-state index in [9.17, 15) is 0 Å². The number of rotatable bonds is 12. The van der Waals surface area contributed by atoms with Gasteiger partial charge in [-0.3, -0.25) is 0 Å². The Balaban J connectivity index is 1.77. The molecule has 2 atom stereocenters. The first-order valence-electron chi connectivity index (χ1n) is 12.0. The van der Waals surface area contributed by atoms with Crippen LogP contribution in [0.2, 0.25) is 0 Å². The van der Waals surface area contributed by atoms with E-state index in [0.29, 0.717) is 0 Å². The van der Waals surface area contributed by atoms with Crippen molar-refractivity contribution in [3.05, 3.63) is 158 Å². The second-order valence-electron chi connectivity index (χ2n) is 8.51. The smallest absolute Gasteiger partial charge is 0.381 e. The zero-order valence-corrected chi connectivity index (χ0v) is 21.0. The fourth-order valence-corrected chi connectivity index (χ4v) is 7.65. The zero-order chi connectivity index (χ0) is 24.3. The van der Waals surface area contributed by atoms with Crippen LogP contribution in [0.15, 0.2) is 147 Å². The molecule has 0 radical (unpaired) electrons. The van der Waals surface area contributed by atoms with Crippen LogP contribution in [-0.4, -0.2) is 20.8 Å². The van der Waals surface area contributed by atoms with Gasteiger partial charge in [0.2, 0.25) is 0 Å². The van der Waals surface area contributed by atoms with Gasteiger partial charge in [0.25, 0.3) is 0 Å². The second-order valence-corrected chi connectivity index (χ2v) is 11.4. The molecule has 4 rings (SSSR count). The molecule has 0 aliphatic heterocycles. The maximum Gasteiger partial charge on any atom is 0.408 e. The lowest BCUT2D eigenvalue weighted by Crippen LogP contribution is -2.66. The predicted octanol–water partition coefficient (Wildman–Crippen LogP) is 5.87. The lowest BCUT2D eigenvalue weighted by molar-refractivity contribution is 0.133. The van der Waals surface area contributed by atoms with Crippen LogP contribution in [0.5, 0.6) is 0 Å². The Morgan fingerprint density at radius 2 is 0.829 bits per heavy atom. The van der Waals surface area contributed by atoms with E-state index in [-0.39, 0.29) is 12.2 Å². The minimum atomic E-state index is -3.17. The Hall–Kier alpha value is -3.50. The Bertz CT molecular complexity index is 1080. The molecule has 2 nitrogen and oxygen atoms in total. The summed E-state index contributed by atoms with van der Waals surface area (Å²) in [4.78, 5) is 0. The maximum absolute atomic E-state index is 7.08. The van der Waals surface area contributed by atoms with Gasteiger partial charge in [0, 0.05) is 12.8 Å². The summed E-state index contributed by atoms with van der Waals surface area (Å²) in [6, 6.07) is 41.5. The number of hydrogen-bond donors (Lipinski definition) is 0. The highest BCUT2D eigenvalue weighted by atomic mass is 28.4. The molecule has 0 N–H and O–H groups in total. The molecule has 0 aliphatic carbocycles. The van der Waals surface area contributed by atoms with Crippen molar-refractivity contribution in [2.24, 2.45) is 0 Å². The van der Waals surface area contributed by atoms with Gasteiger partial charge in [0.15, 0.2) is 0 Å². The average Bonchev–Trinajstić information content (AvgIpc) is 2.93. The van der Waals surface area contributed by atoms with Crippen molar-refractivity contribution in [2.45, 2.75) is 25.0 Å². The molecule has 176 valence electrons. The summed E-state index contributed by atoms with van der Waals surface area (Å²) in [7, 11) is -3.17. The van der Waals surface area contributed by atoms with Crippen molar-refractivity contribution >= 4 is 18.9 Å². The van der Waals surface area contributed by atoms with E-state index in [0.717, 1.165) is 23.2 Å². The quantitative estimate of drug-likeness (QED) is 0.188. The van der Waals surface area contributed by atoms with Gasteiger partial charge in [-0.15, -0.1) is 13.2 Å². The van der Waals surface area contributed by atoms with E-state index in [1.807, 2.05) is 60.7 Å². The third kappa shape index (κ3) is 6.34. The molecule has 4 aromatic carbocycles. The van der Waals surface area contributed by atoms with Crippen molar-refractivity contribution in [1.82, 2.24) is 0 Å². The molecule has 0 aromatic heterocycles. The van der Waals surface area contributed by atoms with Crippen molar-refractivity contribution < 1.29 is 8.85 Å². The highest BCUT2D eigenvalue weighted by Gasteiger charge is 2.46. The monoisotopic (exact) mass is 476 g/mol. The summed E-state index contributed by atoms with van der Waals surface area (Å²) in [6.45, 7) is 8.23. The van der Waals surface area contributed by atoms with E-state index in [1.165, 1.54) is 11.1 Å². The lowest BCUT2D eigenvalue weighted by atomic mass is 10.1. The number of hydrogen-bond acceptors (Lipinski definition) is 2. The van der Waals surface area contributed by atoms with Crippen molar-refractivity contribution in [3.63, 3.8) is 0 Å². The molecule has 0 saturated heterocycles. The first-order valence-corrected chi connectivity index (χ1v) is 13.8. The molecule has 0 heterocycles. The van der Waals surface area contributed by atoms with Crippen LogP contribution in [0.1, 0.15) is 11.1 Å². The molecule has 0 fully saturated rings. The van der Waals surface area contributed by atoms with Gasteiger partial charge in [-0.1, -0.05) is 133 Å². The lowest BCUT2D eigenvalue weighted by Gasteiger charge is -2.37. The molecule has 0 aliphatic rings. The van der Waals surface area contributed by atoms with Gasteiger partial charge in [-0.2, -0.15) is 0 Å². The molecule has 0 saturated carbocycles. The largest absolute Gasteiger partial charge is 0.408 e. The fourth-order valence-electron chi connectivity index (χ4n) is 4.25. The summed E-state index contributed by atoms with van der Waals surface area (Å²) in [5.41, 5.74) is 2.40. The molecular weight excluding hydrogens is 444 g/mol. The molecular formula is C32H32O2Si. The van der Waals surface area contributed by atoms with Gasteiger partial charge in [0.05, 0.1) is 12.2 Å². The van der Waals surface area contributed by atoms with Gasteiger partial charge in [-0.05, 0) is 21.5 Å². The zero-order valence-electron chi connectivity index (χ0n) is 20.0. The molecule has 0 amide bonds. The Labute approximate surface area is 210 Å². The van der Waals surface area contributed by atoms with Crippen LogP contribution < -0.4 is 10.4 Å². The molecule has 0 spiro atoms. The minimum Gasteiger partial charge on any atom is -0.381 e. The maximum atomic E-state index is 7.08. The van der Waals surface area contributed by atoms with Crippen LogP contribution in [0.4, 0.5) is 0 Å². The van der Waals surface area contributed by atoms with Gasteiger partial charge < -0.3 is 8.85 Å². The molecule has 35 heavy (non-hydrogen) atoms. The second kappa shape index (κ2) is 12.3. The SMILES string of the molecule is C=C[C@H](Cc1ccccc1)O[Si](O[C@H](C=C)Cc1ccccc1)(c1ccccc1)c1ccccc1. The first-order chi connectivity index (χ1) is 17.2. The van der Waals surface area contributed by atoms with E-state index in [1.54, 1.807) is 0 Å². The standard InChI is InChI=1S/C32H32O2Si/c1-3-29(25-27-17-9-5-10-18-27)33-35(31-21-13-7-14-22-31,32-23-15-8-16-24-32)34-30(4-2)26-28-19-11-6-12-20-28/h3-24,29-30H,1-2,25-26H2/t29-,30-/m1/s1. The van der Waals surface area contributed by atoms with E-state index in [2.05, 4.69) is 86.0 Å². The summed E-state index contributed by atoms with van der Waals surface area (Å²) >= 11 is 0. The molecule has 3 heteroatoms. The summed E-state index contributed by atoms with van der Waals surface area (Å²) in [6.07, 6.45) is 4.80. The Morgan fingerprint density at radius 3 is 1.14 bits per heavy atom. The number of benzene rings is 4. The van der Waals surface area contributed by atoms with E-state index in [4.69, 9.17) is 8.85 Å². The van der Waals surface area contributed by atoms with Crippen LogP contribution in [0, 0.1) is 0 Å². The van der Waals surface area contributed by atoms with Crippen LogP contribution >= 0.6 is 0 Å². The molecule has 0 bridgehead atoms. The molecule has 4 aromatic rings. The van der Waals surface area contributed by atoms with Gasteiger partial charge in [0.1, 0.15) is 0 Å². The van der Waals surface area contributed by atoms with Crippen molar-refractivity contribution in [2.75, 3.05) is 0 Å². The minimum absolute atomic E-state index is 0.216. The third-order valence-electron chi connectivity index (χ3n) is 6.03. The van der Waals surface area contributed by atoms with Crippen LogP contribution in [0.25, 0.3) is 0 Å². The fraction of sp³-hybridized carbons (Fsp3) is 0.125. The Morgan fingerprint density at radius 1 is 0.514 bits per heavy atom. The topological polar surface area (TPSA) is 18.5 Å². The summed E-state index contributed by atoms with van der Waals surface area (Å²) < 4.78 is 14.2. The van der Waals surface area contributed by atoms with Crippen LogP contribution in [0.3, 0.4) is 0 Å². The van der Waals surface area contributed by atoms with Gasteiger partial charge in [-0.25, -0.2) is 0 Å². The normalized spacial score (nSPS) is 13.0. The summed E-state index contributed by atoms with van der Waals surface area (Å²) in [5, 5.41) is 2.12. The Kier molecular flexibility index (Phi) is 8.63. The summed E-state index contributed by atoms with van der Waals surface area (Å²) in [5.74, 6) is 0. The van der Waals surface area contributed by atoms with Crippen molar-refractivity contribution in [1.29, 1.82) is 0 Å². The predicted molar refractivity (Wildman–Crippen MR) is 148 cm³/mol. The highest BCUT2D eigenvalue weighted by molar-refractivity contribution is 6.92. The third-order valence-corrected chi connectivity index (χ3v) is 9.48. The average molecular weight is 477 g/mol. The van der Waals surface area contributed by atoms with E-state index < -0.39 is 8.56 Å². The molecule has 0 unspecified atom stereocenters. The first kappa shape index (κ1) is 24.6. The van der Waals surface area contributed by atoms with E-state index >= 15 is 0 Å². The van der Waals surface area contributed by atoms with Crippen molar-refractivity contribution in [3.8, 4) is 0 Å². The highest BCUT2D eigenvalue weighted by Crippen LogP contribution is 2.20. The van der Waals surface area contributed by atoms with Gasteiger partial charge >= 0.3 is 8.56 Å². The van der Waals surface area contributed by atoms with Crippen LogP contribution in [-0.2, 0) is 21.7 Å².